The fourth-order valence-electron chi connectivity index (χ4n) is 4.31. The molecule has 0 saturated carbocycles. The van der Waals surface area contributed by atoms with Gasteiger partial charge in [0.1, 0.15) is 0 Å². The van der Waals surface area contributed by atoms with Crippen LogP contribution in [0.2, 0.25) is 0 Å². The molecule has 9 heteroatoms. The van der Waals surface area contributed by atoms with Crippen molar-refractivity contribution < 1.29 is 14.4 Å². The number of nitrogens with two attached hydrogens (primary N) is 2. The molecule has 3 rings (SSSR count). The number of benzene rings is 2. The van der Waals surface area contributed by atoms with E-state index in [-0.39, 0.29) is 24.3 Å². The molecule has 0 fully saturated rings. The lowest BCUT2D eigenvalue weighted by Crippen LogP contribution is -2.41. The molecule has 0 aromatic heterocycles. The summed E-state index contributed by atoms with van der Waals surface area (Å²) in [5.74, 6) is -0.927. The third-order valence-corrected chi connectivity index (χ3v) is 6.15. The quantitative estimate of drug-likeness (QED) is 0.181. The van der Waals surface area contributed by atoms with Crippen LogP contribution >= 0.6 is 0 Å². The van der Waals surface area contributed by atoms with Gasteiger partial charge < -0.3 is 27.4 Å². The van der Waals surface area contributed by atoms with Crippen molar-refractivity contribution in [2.45, 2.75) is 38.5 Å². The van der Waals surface area contributed by atoms with Crippen LogP contribution < -0.4 is 27.4 Å². The standard InChI is InChI=1S/C26H38N6O3/c27-10-1-2-11-29-12-3-4-13-30-14-5-6-15-32-25(34)21-9-7-8-19-16-20(31-23(33)18-28)17-22(24(19)21)26(32)35/h7-9,16-17,29-30H,1-6,10-15,18,27-28H2,(H,31,33). The Hall–Kier alpha value is -2.85. The normalized spacial score (nSPS) is 13.0. The molecule has 1 heterocycles. The van der Waals surface area contributed by atoms with E-state index in [1.54, 1.807) is 24.3 Å². The van der Waals surface area contributed by atoms with Crippen LogP contribution in [0, 0.1) is 0 Å². The largest absolute Gasteiger partial charge is 0.330 e. The maximum atomic E-state index is 13.2. The highest BCUT2D eigenvalue weighted by Crippen LogP contribution is 2.33. The number of hydrogen-bond acceptors (Lipinski definition) is 7. The molecule has 9 nitrogen and oxygen atoms in total. The number of amides is 3. The van der Waals surface area contributed by atoms with Crippen molar-refractivity contribution in [1.82, 2.24) is 15.5 Å². The van der Waals surface area contributed by atoms with E-state index in [9.17, 15) is 14.4 Å². The number of nitrogens with one attached hydrogen (secondary N) is 3. The first-order valence-corrected chi connectivity index (χ1v) is 12.6. The van der Waals surface area contributed by atoms with Gasteiger partial charge in [-0.25, -0.2) is 0 Å². The van der Waals surface area contributed by atoms with Crippen molar-refractivity contribution in [2.75, 3.05) is 51.1 Å². The summed E-state index contributed by atoms with van der Waals surface area (Å²) in [6.45, 7) is 4.83. The highest BCUT2D eigenvalue weighted by atomic mass is 16.2. The predicted octanol–water partition coefficient (Wildman–Crippen LogP) is 1.81. The van der Waals surface area contributed by atoms with Gasteiger partial charge in [0.25, 0.3) is 11.8 Å². The van der Waals surface area contributed by atoms with Crippen LogP contribution in [-0.2, 0) is 4.79 Å². The summed E-state index contributed by atoms with van der Waals surface area (Å²) >= 11 is 0. The molecule has 0 saturated heterocycles. The summed E-state index contributed by atoms with van der Waals surface area (Å²) in [5, 5.41) is 10.9. The molecule has 1 aliphatic rings. The van der Waals surface area contributed by atoms with Gasteiger partial charge in [0, 0.05) is 23.2 Å². The number of carbonyl (C=O) groups excluding carboxylic acids is 3. The molecule has 0 unspecified atom stereocenters. The SMILES string of the molecule is NCCCCNCCCCNCCCCN1C(=O)c2cccc3cc(NC(=O)CN)cc(c23)C1=O. The van der Waals surface area contributed by atoms with E-state index in [1.165, 1.54) is 4.90 Å². The number of imide groups is 1. The monoisotopic (exact) mass is 482 g/mol. The van der Waals surface area contributed by atoms with Gasteiger partial charge in [-0.05, 0) is 94.8 Å². The Morgan fingerprint density at radius 3 is 2.09 bits per heavy atom. The first kappa shape index (κ1) is 26.7. The maximum Gasteiger partial charge on any atom is 0.261 e. The summed E-state index contributed by atoms with van der Waals surface area (Å²) in [7, 11) is 0. The van der Waals surface area contributed by atoms with Crippen LogP contribution in [0.3, 0.4) is 0 Å². The topological polar surface area (TPSA) is 143 Å². The molecule has 2 aromatic rings. The van der Waals surface area contributed by atoms with Crippen LogP contribution in [0.5, 0.6) is 0 Å². The predicted molar refractivity (Wildman–Crippen MR) is 139 cm³/mol. The molecule has 35 heavy (non-hydrogen) atoms. The van der Waals surface area contributed by atoms with Gasteiger partial charge in [-0.2, -0.15) is 0 Å². The Bertz CT molecular complexity index is 1030. The summed E-state index contributed by atoms with van der Waals surface area (Å²) in [5.41, 5.74) is 12.3. The minimum atomic E-state index is -0.338. The van der Waals surface area contributed by atoms with Crippen molar-refractivity contribution >= 4 is 34.2 Å². The van der Waals surface area contributed by atoms with Crippen molar-refractivity contribution in [3.8, 4) is 0 Å². The zero-order valence-electron chi connectivity index (χ0n) is 20.4. The molecule has 3 amide bonds. The lowest BCUT2D eigenvalue weighted by Gasteiger charge is -2.27. The van der Waals surface area contributed by atoms with E-state index in [0.717, 1.165) is 76.6 Å². The Morgan fingerprint density at radius 2 is 1.43 bits per heavy atom. The molecule has 0 spiro atoms. The van der Waals surface area contributed by atoms with E-state index >= 15 is 0 Å². The third-order valence-electron chi connectivity index (χ3n) is 6.15. The zero-order valence-corrected chi connectivity index (χ0v) is 20.4. The number of hydrogen-bond donors (Lipinski definition) is 5. The van der Waals surface area contributed by atoms with Gasteiger partial charge in [-0.1, -0.05) is 12.1 Å². The van der Waals surface area contributed by atoms with Crippen LogP contribution in [0.15, 0.2) is 30.3 Å². The van der Waals surface area contributed by atoms with Gasteiger partial charge in [0.15, 0.2) is 0 Å². The Morgan fingerprint density at radius 1 is 0.800 bits per heavy atom. The van der Waals surface area contributed by atoms with Gasteiger partial charge in [0.05, 0.1) is 12.1 Å². The Kier molecular flexibility index (Phi) is 10.6. The van der Waals surface area contributed by atoms with Crippen LogP contribution in [0.25, 0.3) is 10.8 Å². The van der Waals surface area contributed by atoms with Crippen LogP contribution in [-0.4, -0.2) is 68.4 Å². The molecule has 0 radical (unpaired) electrons. The van der Waals surface area contributed by atoms with Crippen molar-refractivity contribution in [3.63, 3.8) is 0 Å². The fourth-order valence-corrected chi connectivity index (χ4v) is 4.31. The lowest BCUT2D eigenvalue weighted by molar-refractivity contribution is -0.114. The highest BCUT2D eigenvalue weighted by molar-refractivity contribution is 6.26. The average molecular weight is 483 g/mol. The third kappa shape index (κ3) is 7.32. The zero-order chi connectivity index (χ0) is 25.0. The Balaban J connectivity index is 1.46. The molecule has 0 atom stereocenters. The second-order valence-electron chi connectivity index (χ2n) is 8.85. The first-order valence-electron chi connectivity index (χ1n) is 12.6. The number of carbonyl (C=O) groups is 3. The minimum absolute atomic E-state index is 0.147. The van der Waals surface area contributed by atoms with E-state index in [1.807, 2.05) is 6.07 Å². The second-order valence-corrected chi connectivity index (χ2v) is 8.85. The molecule has 1 aliphatic heterocycles. The second kappa shape index (κ2) is 13.9. The van der Waals surface area contributed by atoms with Crippen LogP contribution in [0.4, 0.5) is 5.69 Å². The van der Waals surface area contributed by atoms with Gasteiger partial charge >= 0.3 is 0 Å². The van der Waals surface area contributed by atoms with E-state index in [2.05, 4.69) is 16.0 Å². The minimum Gasteiger partial charge on any atom is -0.330 e. The summed E-state index contributed by atoms with van der Waals surface area (Å²) < 4.78 is 0. The van der Waals surface area contributed by atoms with E-state index in [4.69, 9.17) is 11.5 Å². The summed E-state index contributed by atoms with van der Waals surface area (Å²) in [4.78, 5) is 39.3. The number of rotatable bonds is 16. The van der Waals surface area contributed by atoms with Crippen LogP contribution in [0.1, 0.15) is 59.2 Å². The number of unbranched alkanes of at least 4 members (excludes halogenated alkanes) is 3. The summed E-state index contributed by atoms with van der Waals surface area (Å²) in [6.07, 6.45) is 6.03. The molecule has 2 aromatic carbocycles. The number of nitrogens with zero attached hydrogens (tertiary/aromatic N) is 1. The molecular weight excluding hydrogens is 444 g/mol. The maximum absolute atomic E-state index is 13.2. The highest BCUT2D eigenvalue weighted by Gasteiger charge is 2.32. The van der Waals surface area contributed by atoms with Gasteiger partial charge in [-0.15, -0.1) is 0 Å². The molecule has 190 valence electrons. The van der Waals surface area contributed by atoms with Crippen molar-refractivity contribution in [3.05, 3.63) is 41.5 Å². The van der Waals surface area contributed by atoms with E-state index < -0.39 is 0 Å². The fraction of sp³-hybridized carbons (Fsp3) is 0.500. The van der Waals surface area contributed by atoms with E-state index in [0.29, 0.717) is 28.7 Å². The Labute approximate surface area is 207 Å². The molecule has 0 aliphatic carbocycles. The van der Waals surface area contributed by atoms with Gasteiger partial charge in [-0.3, -0.25) is 19.3 Å². The summed E-state index contributed by atoms with van der Waals surface area (Å²) in [6, 6.07) is 8.77. The smallest absolute Gasteiger partial charge is 0.261 e. The lowest BCUT2D eigenvalue weighted by atomic mass is 9.93. The van der Waals surface area contributed by atoms with Crippen molar-refractivity contribution in [1.29, 1.82) is 0 Å². The number of anilines is 1. The first-order chi connectivity index (χ1) is 17.1. The molecule has 0 bridgehead atoms. The van der Waals surface area contributed by atoms with Gasteiger partial charge in [0.2, 0.25) is 5.91 Å². The molecular formula is C26H38N6O3. The average Bonchev–Trinajstić information content (AvgIpc) is 2.86. The van der Waals surface area contributed by atoms with Crippen molar-refractivity contribution in [2.24, 2.45) is 11.5 Å². The molecule has 7 N–H and O–H groups in total.